The first-order valence-corrected chi connectivity index (χ1v) is 5.65. The van der Waals surface area contributed by atoms with Crippen LogP contribution in [0.4, 0.5) is 0 Å². The van der Waals surface area contributed by atoms with Crippen molar-refractivity contribution in [2.45, 2.75) is 19.5 Å². The second kappa shape index (κ2) is 5.46. The maximum absolute atomic E-state index is 11.5. The minimum Gasteiger partial charge on any atom is -0.354 e. The van der Waals surface area contributed by atoms with Crippen LogP contribution in [0.25, 0.3) is 0 Å². The van der Waals surface area contributed by atoms with E-state index in [2.05, 4.69) is 19.8 Å². The Kier molecular flexibility index (Phi) is 3.73. The number of rotatable bonds is 4. The summed E-state index contributed by atoms with van der Waals surface area (Å²) < 4.78 is 2.10. The molecule has 2 rings (SSSR count). The number of nitrogens with zero attached hydrogens (tertiary/aromatic N) is 4. The largest absolute Gasteiger partial charge is 0.354 e. The van der Waals surface area contributed by atoms with E-state index in [9.17, 15) is 4.79 Å². The molecule has 2 heterocycles. The van der Waals surface area contributed by atoms with Gasteiger partial charge in [-0.3, -0.25) is 9.69 Å². The third-order valence-electron chi connectivity index (χ3n) is 2.75. The molecule has 0 saturated heterocycles. The van der Waals surface area contributed by atoms with Crippen molar-refractivity contribution in [3.05, 3.63) is 18.2 Å². The molecule has 90 valence electrons. The van der Waals surface area contributed by atoms with Crippen LogP contribution in [0.15, 0.2) is 12.4 Å². The van der Waals surface area contributed by atoms with E-state index >= 15 is 0 Å². The molecule has 6 nitrogen and oxygen atoms in total. The average molecular weight is 233 g/mol. The maximum atomic E-state index is 11.5. The molecule has 1 aromatic heterocycles. The molecule has 0 unspecified atom stereocenters. The Balaban J connectivity index is 1.78. The van der Waals surface area contributed by atoms with Gasteiger partial charge >= 0.3 is 0 Å². The molecule has 1 aliphatic rings. The monoisotopic (exact) mass is 233 g/mol. The lowest BCUT2D eigenvalue weighted by Gasteiger charge is -2.26. The van der Waals surface area contributed by atoms with Gasteiger partial charge in [-0.1, -0.05) is 0 Å². The van der Waals surface area contributed by atoms with E-state index in [1.54, 1.807) is 6.20 Å². The zero-order valence-electron chi connectivity index (χ0n) is 9.59. The van der Waals surface area contributed by atoms with Gasteiger partial charge in [0.25, 0.3) is 0 Å². The fourth-order valence-electron chi connectivity index (χ4n) is 1.88. The SMILES string of the molecule is N#CCCNC(=O)CN1CCn2ccnc2C1. The molecule has 0 saturated carbocycles. The van der Waals surface area contributed by atoms with Gasteiger partial charge in [-0.25, -0.2) is 4.98 Å². The Morgan fingerprint density at radius 3 is 3.29 bits per heavy atom. The standard InChI is InChI=1S/C11H15N5O/c12-2-1-3-14-11(17)9-15-6-7-16-5-4-13-10(16)8-15/h4-5H,1,3,6-9H2,(H,14,17). The van der Waals surface area contributed by atoms with Crippen molar-refractivity contribution < 1.29 is 4.79 Å². The van der Waals surface area contributed by atoms with Crippen LogP contribution in [0.3, 0.4) is 0 Å². The van der Waals surface area contributed by atoms with Crippen LogP contribution in [0.5, 0.6) is 0 Å². The molecule has 17 heavy (non-hydrogen) atoms. The van der Waals surface area contributed by atoms with Gasteiger partial charge in [0.2, 0.25) is 5.91 Å². The van der Waals surface area contributed by atoms with E-state index in [0.717, 1.165) is 18.9 Å². The van der Waals surface area contributed by atoms with E-state index in [1.807, 2.05) is 12.3 Å². The Labute approximate surface area is 99.8 Å². The molecule has 0 fully saturated rings. The van der Waals surface area contributed by atoms with Crippen LogP contribution in [0.2, 0.25) is 0 Å². The van der Waals surface area contributed by atoms with Crippen molar-refractivity contribution in [2.75, 3.05) is 19.6 Å². The topological polar surface area (TPSA) is 74.0 Å². The van der Waals surface area contributed by atoms with Crippen LogP contribution < -0.4 is 5.32 Å². The summed E-state index contributed by atoms with van der Waals surface area (Å²) in [6.07, 6.45) is 4.10. The number of carbonyl (C=O) groups excluding carboxylic acids is 1. The molecule has 1 aromatic rings. The lowest BCUT2D eigenvalue weighted by molar-refractivity contribution is -0.122. The number of nitrogens with one attached hydrogen (secondary N) is 1. The molecule has 0 bridgehead atoms. The van der Waals surface area contributed by atoms with E-state index in [0.29, 0.717) is 26.1 Å². The predicted molar refractivity (Wildman–Crippen MR) is 60.7 cm³/mol. The number of hydrogen-bond donors (Lipinski definition) is 1. The number of nitriles is 1. The van der Waals surface area contributed by atoms with E-state index in [-0.39, 0.29) is 5.91 Å². The quantitative estimate of drug-likeness (QED) is 0.726. The summed E-state index contributed by atoms with van der Waals surface area (Å²) in [5, 5.41) is 11.1. The first-order valence-electron chi connectivity index (χ1n) is 5.65. The predicted octanol–water partition coefficient (Wildman–Crippen LogP) is -0.271. The number of imidazole rings is 1. The fraction of sp³-hybridized carbons (Fsp3) is 0.545. The molecule has 0 aliphatic carbocycles. The Bertz CT molecular complexity index is 433. The number of aromatic nitrogens is 2. The highest BCUT2D eigenvalue weighted by atomic mass is 16.2. The molecule has 0 aromatic carbocycles. The van der Waals surface area contributed by atoms with Gasteiger partial charge in [0.1, 0.15) is 5.82 Å². The van der Waals surface area contributed by atoms with Crippen molar-refractivity contribution >= 4 is 5.91 Å². The second-order valence-corrected chi connectivity index (χ2v) is 4.01. The van der Waals surface area contributed by atoms with Gasteiger partial charge in [-0.2, -0.15) is 5.26 Å². The van der Waals surface area contributed by atoms with Gasteiger partial charge < -0.3 is 9.88 Å². The van der Waals surface area contributed by atoms with Crippen LogP contribution in [-0.2, 0) is 17.9 Å². The van der Waals surface area contributed by atoms with E-state index in [4.69, 9.17) is 5.26 Å². The minimum absolute atomic E-state index is 0.0275. The summed E-state index contributed by atoms with van der Waals surface area (Å²) in [6, 6.07) is 1.99. The first kappa shape index (κ1) is 11.6. The summed E-state index contributed by atoms with van der Waals surface area (Å²) in [6.45, 7) is 3.24. The van der Waals surface area contributed by atoms with Crippen LogP contribution >= 0.6 is 0 Å². The molecule has 1 aliphatic heterocycles. The number of carbonyl (C=O) groups is 1. The number of fused-ring (bicyclic) bond motifs is 1. The zero-order valence-corrected chi connectivity index (χ0v) is 9.59. The molecule has 0 atom stereocenters. The smallest absolute Gasteiger partial charge is 0.234 e. The maximum Gasteiger partial charge on any atom is 0.234 e. The highest BCUT2D eigenvalue weighted by molar-refractivity contribution is 5.78. The lowest BCUT2D eigenvalue weighted by atomic mass is 10.3. The summed E-state index contributed by atoms with van der Waals surface area (Å²) in [7, 11) is 0. The van der Waals surface area contributed by atoms with Crippen LogP contribution in [0.1, 0.15) is 12.2 Å². The van der Waals surface area contributed by atoms with Gasteiger partial charge in [-0.15, -0.1) is 0 Å². The van der Waals surface area contributed by atoms with Gasteiger partial charge in [0, 0.05) is 32.0 Å². The molecule has 0 spiro atoms. The third-order valence-corrected chi connectivity index (χ3v) is 2.75. The second-order valence-electron chi connectivity index (χ2n) is 4.01. The lowest BCUT2D eigenvalue weighted by Crippen LogP contribution is -2.41. The fourth-order valence-corrected chi connectivity index (χ4v) is 1.88. The van der Waals surface area contributed by atoms with E-state index < -0.39 is 0 Å². The number of amides is 1. The Hall–Kier alpha value is -1.87. The minimum atomic E-state index is -0.0275. The van der Waals surface area contributed by atoms with Crippen molar-refractivity contribution in [3.8, 4) is 6.07 Å². The van der Waals surface area contributed by atoms with E-state index in [1.165, 1.54) is 0 Å². The first-order chi connectivity index (χ1) is 8.29. The summed E-state index contributed by atoms with van der Waals surface area (Å²) in [5.41, 5.74) is 0. The van der Waals surface area contributed by atoms with Gasteiger partial charge in [0.05, 0.1) is 25.6 Å². The summed E-state index contributed by atoms with van der Waals surface area (Å²) in [5.74, 6) is 0.973. The normalized spacial score (nSPS) is 15.0. The molecular formula is C11H15N5O. The van der Waals surface area contributed by atoms with Crippen molar-refractivity contribution in [1.82, 2.24) is 19.8 Å². The molecule has 0 radical (unpaired) electrons. The summed E-state index contributed by atoms with van der Waals surface area (Å²) >= 11 is 0. The Morgan fingerprint density at radius 1 is 1.59 bits per heavy atom. The summed E-state index contributed by atoms with van der Waals surface area (Å²) in [4.78, 5) is 17.8. The highest BCUT2D eigenvalue weighted by Crippen LogP contribution is 2.09. The molecule has 1 amide bonds. The van der Waals surface area contributed by atoms with Gasteiger partial charge in [0.15, 0.2) is 0 Å². The molecule has 1 N–H and O–H groups in total. The number of hydrogen-bond acceptors (Lipinski definition) is 4. The Morgan fingerprint density at radius 2 is 2.47 bits per heavy atom. The van der Waals surface area contributed by atoms with Crippen molar-refractivity contribution in [2.24, 2.45) is 0 Å². The van der Waals surface area contributed by atoms with Crippen molar-refractivity contribution in [3.63, 3.8) is 0 Å². The van der Waals surface area contributed by atoms with Gasteiger partial charge in [-0.05, 0) is 0 Å². The average Bonchev–Trinajstić information content (AvgIpc) is 2.76. The molecular weight excluding hydrogens is 218 g/mol. The highest BCUT2D eigenvalue weighted by Gasteiger charge is 2.18. The zero-order chi connectivity index (χ0) is 12.1. The van der Waals surface area contributed by atoms with Crippen LogP contribution in [-0.4, -0.2) is 40.0 Å². The van der Waals surface area contributed by atoms with Crippen molar-refractivity contribution in [1.29, 1.82) is 5.26 Å². The van der Waals surface area contributed by atoms with Crippen LogP contribution in [0, 0.1) is 11.3 Å². The molecule has 6 heteroatoms. The third kappa shape index (κ3) is 3.04.